The largest absolute Gasteiger partial charge is 0.392 e. The van der Waals surface area contributed by atoms with Crippen molar-refractivity contribution in [2.75, 3.05) is 5.75 Å². The number of aliphatic hydroxyl groups is 2. The van der Waals surface area contributed by atoms with E-state index in [1.807, 2.05) is 13.8 Å². The minimum atomic E-state index is -3.69. The molecular weight excluding hydrogens is 326 g/mol. The highest BCUT2D eigenvalue weighted by Gasteiger charge is 2.65. The van der Waals surface area contributed by atoms with Crippen LogP contribution in [0, 0.1) is 28.1 Å². The van der Waals surface area contributed by atoms with E-state index in [9.17, 15) is 18.6 Å². The molecule has 0 aliphatic heterocycles. The minimum absolute atomic E-state index is 0.112. The summed E-state index contributed by atoms with van der Waals surface area (Å²) in [6, 6.07) is 0. The summed E-state index contributed by atoms with van der Waals surface area (Å²) in [7, 11) is -3.69. The van der Waals surface area contributed by atoms with Crippen molar-refractivity contribution in [3.63, 3.8) is 0 Å². The lowest BCUT2D eigenvalue weighted by molar-refractivity contribution is 0.0115. The SMILES string of the molecule is CC(C)CC(C)(C)C(O)NS(=O)(=O)CC12CCC(CC1O)C2(C)C. The molecule has 0 aromatic carbocycles. The molecular formula is C18H35NO4S. The van der Waals surface area contributed by atoms with Crippen molar-refractivity contribution in [2.45, 2.75) is 79.6 Å². The Morgan fingerprint density at radius 3 is 2.29 bits per heavy atom. The van der Waals surface area contributed by atoms with Crippen molar-refractivity contribution in [1.29, 1.82) is 0 Å². The maximum atomic E-state index is 12.8. The van der Waals surface area contributed by atoms with Crippen LogP contribution in [0.3, 0.4) is 0 Å². The van der Waals surface area contributed by atoms with Gasteiger partial charge in [-0.25, -0.2) is 8.42 Å². The van der Waals surface area contributed by atoms with Crippen LogP contribution in [-0.2, 0) is 10.0 Å². The fraction of sp³-hybridized carbons (Fsp3) is 1.00. The molecule has 2 aliphatic carbocycles. The minimum Gasteiger partial charge on any atom is -0.392 e. The molecule has 0 aromatic heterocycles. The van der Waals surface area contributed by atoms with E-state index in [1.54, 1.807) is 0 Å². The van der Waals surface area contributed by atoms with Crippen LogP contribution in [0.15, 0.2) is 0 Å². The first-order valence-electron chi connectivity index (χ1n) is 9.10. The van der Waals surface area contributed by atoms with E-state index in [0.29, 0.717) is 18.3 Å². The highest BCUT2D eigenvalue weighted by Crippen LogP contribution is 2.66. The number of hydrogen-bond acceptors (Lipinski definition) is 4. The lowest BCUT2D eigenvalue weighted by Crippen LogP contribution is -2.51. The first kappa shape index (κ1) is 20.1. The molecule has 2 rings (SSSR count). The maximum absolute atomic E-state index is 12.8. The van der Waals surface area contributed by atoms with Crippen molar-refractivity contribution in [2.24, 2.45) is 28.1 Å². The molecule has 2 bridgehead atoms. The van der Waals surface area contributed by atoms with E-state index in [0.717, 1.165) is 19.3 Å². The third-order valence-electron chi connectivity index (χ3n) is 6.80. The number of hydrogen-bond donors (Lipinski definition) is 3. The summed E-state index contributed by atoms with van der Waals surface area (Å²) in [5.41, 5.74) is -1.34. The number of sulfonamides is 1. The third-order valence-corrected chi connectivity index (χ3v) is 8.28. The average molecular weight is 362 g/mol. The van der Waals surface area contributed by atoms with Crippen molar-refractivity contribution in [3.05, 3.63) is 0 Å². The molecule has 142 valence electrons. The van der Waals surface area contributed by atoms with Gasteiger partial charge in [0.15, 0.2) is 0 Å². The number of aliphatic hydroxyl groups excluding tert-OH is 2. The van der Waals surface area contributed by atoms with Crippen LogP contribution >= 0.6 is 0 Å². The van der Waals surface area contributed by atoms with E-state index in [1.165, 1.54) is 0 Å². The number of rotatable bonds is 7. The molecule has 5 nitrogen and oxygen atoms in total. The maximum Gasteiger partial charge on any atom is 0.214 e. The van der Waals surface area contributed by atoms with Crippen molar-refractivity contribution in [1.82, 2.24) is 4.72 Å². The van der Waals surface area contributed by atoms with Gasteiger partial charge >= 0.3 is 0 Å². The monoisotopic (exact) mass is 361 g/mol. The van der Waals surface area contributed by atoms with Crippen molar-refractivity contribution >= 4 is 10.0 Å². The van der Waals surface area contributed by atoms with E-state index in [2.05, 4.69) is 32.4 Å². The Hall–Kier alpha value is -0.170. The zero-order valence-electron chi connectivity index (χ0n) is 16.0. The molecule has 0 spiro atoms. The molecule has 3 N–H and O–H groups in total. The standard InChI is InChI=1S/C18H35NO4S/c1-12(2)10-16(3,4)15(21)19-24(22,23)11-18-8-7-13(9-14(18)20)17(18,5)6/h12-15,19-21H,7-11H2,1-6H3. The molecule has 4 unspecified atom stereocenters. The highest BCUT2D eigenvalue weighted by atomic mass is 32.2. The van der Waals surface area contributed by atoms with Gasteiger partial charge < -0.3 is 10.2 Å². The summed E-state index contributed by atoms with van der Waals surface area (Å²) >= 11 is 0. The third kappa shape index (κ3) is 3.39. The van der Waals surface area contributed by atoms with Gasteiger partial charge in [0.1, 0.15) is 6.23 Å². The predicted molar refractivity (Wildman–Crippen MR) is 95.7 cm³/mol. The van der Waals surface area contributed by atoms with Gasteiger partial charge in [-0.2, -0.15) is 4.72 Å². The van der Waals surface area contributed by atoms with Gasteiger partial charge in [-0.15, -0.1) is 0 Å². The molecule has 2 saturated carbocycles. The molecule has 24 heavy (non-hydrogen) atoms. The Morgan fingerprint density at radius 2 is 1.88 bits per heavy atom. The van der Waals surface area contributed by atoms with Crippen LogP contribution in [0.1, 0.15) is 67.2 Å². The molecule has 6 heteroatoms. The Labute approximate surface area is 147 Å². The summed E-state index contributed by atoms with van der Waals surface area (Å²) in [6.07, 6.45) is 1.41. The van der Waals surface area contributed by atoms with Gasteiger partial charge in [0.2, 0.25) is 10.0 Å². The zero-order chi connectivity index (χ0) is 18.6. The van der Waals surface area contributed by atoms with Crippen LogP contribution in [0.5, 0.6) is 0 Å². The first-order chi connectivity index (χ1) is 10.7. The molecule has 0 radical (unpaired) electrons. The van der Waals surface area contributed by atoms with Crippen LogP contribution in [0.2, 0.25) is 0 Å². The van der Waals surface area contributed by atoms with E-state index in [4.69, 9.17) is 0 Å². The summed E-state index contributed by atoms with van der Waals surface area (Å²) in [4.78, 5) is 0. The molecule has 0 saturated heterocycles. The smallest absolute Gasteiger partial charge is 0.214 e. The van der Waals surface area contributed by atoms with Gasteiger partial charge in [0, 0.05) is 10.8 Å². The molecule has 0 amide bonds. The van der Waals surface area contributed by atoms with Gasteiger partial charge in [-0.1, -0.05) is 41.5 Å². The predicted octanol–water partition coefficient (Wildman–Crippen LogP) is 2.48. The lowest BCUT2D eigenvalue weighted by Gasteiger charge is -2.41. The second kappa shape index (κ2) is 6.22. The zero-order valence-corrected chi connectivity index (χ0v) is 16.8. The molecule has 4 atom stereocenters. The normalized spacial score (nSPS) is 34.0. The Morgan fingerprint density at radius 1 is 1.29 bits per heavy atom. The van der Waals surface area contributed by atoms with Crippen LogP contribution in [-0.4, -0.2) is 36.7 Å². The summed E-state index contributed by atoms with van der Waals surface area (Å²) < 4.78 is 28.0. The van der Waals surface area contributed by atoms with Crippen LogP contribution in [0.25, 0.3) is 0 Å². The second-order valence-electron chi connectivity index (χ2n) is 9.73. The Balaban J connectivity index is 2.14. The highest BCUT2D eigenvalue weighted by molar-refractivity contribution is 7.89. The Kier molecular flexibility index (Phi) is 5.22. The fourth-order valence-corrected chi connectivity index (χ4v) is 7.38. The van der Waals surface area contributed by atoms with Gasteiger partial charge in [-0.05, 0) is 42.9 Å². The second-order valence-corrected chi connectivity index (χ2v) is 11.5. The van der Waals surface area contributed by atoms with Crippen molar-refractivity contribution < 1.29 is 18.6 Å². The van der Waals surface area contributed by atoms with Gasteiger partial charge in [0.25, 0.3) is 0 Å². The average Bonchev–Trinajstić information content (AvgIpc) is 2.69. The van der Waals surface area contributed by atoms with E-state index in [-0.39, 0.29) is 11.2 Å². The summed E-state index contributed by atoms with van der Waals surface area (Å²) in [5.74, 6) is 0.633. The van der Waals surface area contributed by atoms with E-state index >= 15 is 0 Å². The van der Waals surface area contributed by atoms with Crippen LogP contribution in [0.4, 0.5) is 0 Å². The lowest BCUT2D eigenvalue weighted by atomic mass is 9.70. The Bertz CT molecular complexity index is 570. The molecule has 2 aliphatic rings. The van der Waals surface area contributed by atoms with E-state index < -0.39 is 33.2 Å². The topological polar surface area (TPSA) is 86.6 Å². The van der Waals surface area contributed by atoms with Crippen molar-refractivity contribution in [3.8, 4) is 0 Å². The first-order valence-corrected chi connectivity index (χ1v) is 10.7. The number of fused-ring (bicyclic) bond motifs is 2. The number of nitrogens with one attached hydrogen (secondary N) is 1. The molecule has 0 heterocycles. The van der Waals surface area contributed by atoms with Crippen LogP contribution < -0.4 is 4.72 Å². The van der Waals surface area contributed by atoms with Gasteiger partial charge in [-0.3, -0.25) is 0 Å². The van der Waals surface area contributed by atoms with Gasteiger partial charge in [0.05, 0.1) is 11.9 Å². The molecule has 2 fully saturated rings. The quantitative estimate of drug-likeness (QED) is 0.608. The summed E-state index contributed by atoms with van der Waals surface area (Å²) in [6.45, 7) is 12.0. The fourth-order valence-electron chi connectivity index (χ4n) is 5.25. The summed E-state index contributed by atoms with van der Waals surface area (Å²) in [5, 5.41) is 21.0. The molecule has 0 aromatic rings.